The Hall–Kier alpha value is -3.88. The summed E-state index contributed by atoms with van der Waals surface area (Å²) in [6.45, 7) is 3.63. The van der Waals surface area contributed by atoms with E-state index in [0.29, 0.717) is 22.6 Å². The quantitative estimate of drug-likeness (QED) is 0.508. The second-order valence-corrected chi connectivity index (χ2v) is 6.87. The van der Waals surface area contributed by atoms with Crippen molar-refractivity contribution in [1.82, 2.24) is 34.0 Å². The first-order chi connectivity index (χ1) is 14.5. The molecule has 1 atom stereocenters. The van der Waals surface area contributed by atoms with Crippen LogP contribution in [0.5, 0.6) is 0 Å². The van der Waals surface area contributed by atoms with Crippen LogP contribution in [0.2, 0.25) is 0 Å². The van der Waals surface area contributed by atoms with Gasteiger partial charge in [0.2, 0.25) is 0 Å². The van der Waals surface area contributed by atoms with Gasteiger partial charge < -0.3 is 9.47 Å². The number of aryl methyl sites for hydroxylation is 1. The SMILES string of the molecule is C/C=C\N(C(=O)c1cccnc1)C(C)c1nnc2c(F)cc(-c3cn(C)cn3)cn12. The molecule has 4 aromatic rings. The van der Waals surface area contributed by atoms with Gasteiger partial charge >= 0.3 is 0 Å². The smallest absolute Gasteiger partial charge is 0.260 e. The Kier molecular flexibility index (Phi) is 5.09. The van der Waals surface area contributed by atoms with Gasteiger partial charge in [-0.2, -0.15) is 0 Å². The van der Waals surface area contributed by atoms with Crippen molar-refractivity contribution in [2.75, 3.05) is 0 Å². The standard InChI is InChI=1S/C21H20FN7O/c1-4-8-28(21(30)15-6-5-7-23-10-15)14(2)19-25-26-20-17(22)9-16(11-29(19)20)18-12-27(3)13-24-18/h4-14H,1-3H3/b8-4-. The van der Waals surface area contributed by atoms with Gasteiger partial charge in [0.15, 0.2) is 17.3 Å². The molecule has 0 radical (unpaired) electrons. The summed E-state index contributed by atoms with van der Waals surface area (Å²) in [5, 5.41) is 8.17. The molecule has 4 heterocycles. The predicted octanol–water partition coefficient (Wildman–Crippen LogP) is 3.40. The van der Waals surface area contributed by atoms with Crippen molar-refractivity contribution in [3.63, 3.8) is 0 Å². The lowest BCUT2D eigenvalue weighted by Gasteiger charge is -2.24. The summed E-state index contributed by atoms with van der Waals surface area (Å²) in [7, 11) is 1.84. The number of hydrogen-bond acceptors (Lipinski definition) is 5. The Morgan fingerprint density at radius 2 is 2.13 bits per heavy atom. The molecule has 0 bridgehead atoms. The summed E-state index contributed by atoms with van der Waals surface area (Å²) < 4.78 is 18.1. The third-order valence-electron chi connectivity index (χ3n) is 4.73. The molecule has 0 aliphatic carbocycles. The number of allylic oxidation sites excluding steroid dienone is 1. The van der Waals surface area contributed by atoms with Gasteiger partial charge in [-0.1, -0.05) is 6.08 Å². The van der Waals surface area contributed by atoms with Crippen molar-refractivity contribution >= 4 is 11.6 Å². The van der Waals surface area contributed by atoms with Crippen LogP contribution in [-0.2, 0) is 7.05 Å². The van der Waals surface area contributed by atoms with E-state index in [-0.39, 0.29) is 11.6 Å². The molecule has 0 N–H and O–H groups in total. The number of carbonyl (C=O) groups is 1. The molecule has 0 aromatic carbocycles. The highest BCUT2D eigenvalue weighted by molar-refractivity contribution is 5.94. The second-order valence-electron chi connectivity index (χ2n) is 6.87. The molecular weight excluding hydrogens is 385 g/mol. The Balaban J connectivity index is 1.79. The third-order valence-corrected chi connectivity index (χ3v) is 4.73. The van der Waals surface area contributed by atoms with Crippen LogP contribution in [-0.4, -0.2) is 39.9 Å². The van der Waals surface area contributed by atoms with Gasteiger partial charge in [0.05, 0.1) is 23.6 Å². The average Bonchev–Trinajstić information content (AvgIpc) is 3.38. The molecule has 152 valence electrons. The summed E-state index contributed by atoms with van der Waals surface area (Å²) in [6, 6.07) is 4.26. The van der Waals surface area contributed by atoms with Gasteiger partial charge in [0.1, 0.15) is 0 Å². The van der Waals surface area contributed by atoms with Crippen LogP contribution in [0.25, 0.3) is 16.9 Å². The first-order valence-electron chi connectivity index (χ1n) is 9.37. The minimum Gasteiger partial charge on any atom is -0.340 e. The molecule has 0 aliphatic heterocycles. The van der Waals surface area contributed by atoms with Crippen molar-refractivity contribution in [2.45, 2.75) is 19.9 Å². The fourth-order valence-corrected chi connectivity index (χ4v) is 3.25. The van der Waals surface area contributed by atoms with Gasteiger partial charge in [-0.05, 0) is 32.0 Å². The molecule has 1 amide bonds. The molecule has 4 rings (SSSR count). The van der Waals surface area contributed by atoms with Crippen molar-refractivity contribution in [2.24, 2.45) is 7.05 Å². The van der Waals surface area contributed by atoms with E-state index in [2.05, 4.69) is 20.2 Å². The third kappa shape index (κ3) is 3.45. The minimum atomic E-state index is -0.514. The van der Waals surface area contributed by atoms with E-state index in [1.807, 2.05) is 20.9 Å². The van der Waals surface area contributed by atoms with E-state index in [0.717, 1.165) is 0 Å². The molecule has 0 saturated carbocycles. The predicted molar refractivity (Wildman–Crippen MR) is 109 cm³/mol. The highest BCUT2D eigenvalue weighted by atomic mass is 19.1. The number of hydrogen-bond donors (Lipinski definition) is 0. The lowest BCUT2D eigenvalue weighted by molar-refractivity contribution is 0.0771. The first-order valence-corrected chi connectivity index (χ1v) is 9.37. The highest BCUT2D eigenvalue weighted by Gasteiger charge is 2.26. The Bertz CT molecular complexity index is 1230. The van der Waals surface area contributed by atoms with Crippen molar-refractivity contribution in [3.8, 4) is 11.3 Å². The van der Waals surface area contributed by atoms with Crippen LogP contribution < -0.4 is 0 Å². The van der Waals surface area contributed by atoms with E-state index < -0.39 is 11.9 Å². The fourth-order valence-electron chi connectivity index (χ4n) is 3.25. The van der Waals surface area contributed by atoms with Gasteiger partial charge in [0.25, 0.3) is 5.91 Å². The van der Waals surface area contributed by atoms with E-state index in [4.69, 9.17) is 0 Å². The summed E-state index contributed by atoms with van der Waals surface area (Å²) >= 11 is 0. The van der Waals surface area contributed by atoms with Crippen LogP contribution in [0.15, 0.2) is 61.6 Å². The normalized spacial score (nSPS) is 12.5. The zero-order valence-electron chi connectivity index (χ0n) is 16.8. The van der Waals surface area contributed by atoms with Crippen LogP contribution in [0.4, 0.5) is 4.39 Å². The molecule has 0 saturated heterocycles. The Morgan fingerprint density at radius 1 is 1.30 bits per heavy atom. The van der Waals surface area contributed by atoms with E-state index in [1.54, 1.807) is 58.3 Å². The van der Waals surface area contributed by atoms with Gasteiger partial charge in [-0.3, -0.25) is 14.2 Å². The van der Waals surface area contributed by atoms with Crippen LogP contribution in [0, 0.1) is 5.82 Å². The number of pyridine rings is 2. The lowest BCUT2D eigenvalue weighted by Crippen LogP contribution is -2.30. The second kappa shape index (κ2) is 7.86. The maximum absolute atomic E-state index is 14.7. The van der Waals surface area contributed by atoms with Crippen LogP contribution in [0.1, 0.15) is 36.1 Å². The number of carbonyl (C=O) groups excluding carboxylic acids is 1. The molecule has 1 unspecified atom stereocenters. The lowest BCUT2D eigenvalue weighted by atomic mass is 10.2. The number of rotatable bonds is 5. The number of amides is 1. The Morgan fingerprint density at radius 3 is 2.80 bits per heavy atom. The zero-order chi connectivity index (χ0) is 21.3. The van der Waals surface area contributed by atoms with Crippen LogP contribution >= 0.6 is 0 Å². The number of halogens is 1. The molecule has 0 aliphatic rings. The summed E-state index contributed by atoms with van der Waals surface area (Å²) in [5.41, 5.74) is 1.75. The number of fused-ring (bicyclic) bond motifs is 1. The van der Waals surface area contributed by atoms with Gasteiger partial charge in [0, 0.05) is 43.6 Å². The average molecular weight is 405 g/mol. The van der Waals surface area contributed by atoms with E-state index in [1.165, 1.54) is 17.2 Å². The van der Waals surface area contributed by atoms with Gasteiger partial charge in [-0.15, -0.1) is 10.2 Å². The molecular formula is C21H20FN7O. The van der Waals surface area contributed by atoms with E-state index in [9.17, 15) is 9.18 Å². The van der Waals surface area contributed by atoms with Crippen molar-refractivity contribution in [3.05, 3.63) is 78.8 Å². The summed E-state index contributed by atoms with van der Waals surface area (Å²) in [5.74, 6) is -0.330. The van der Waals surface area contributed by atoms with E-state index >= 15 is 0 Å². The van der Waals surface area contributed by atoms with Crippen LogP contribution in [0.3, 0.4) is 0 Å². The number of aromatic nitrogens is 6. The molecule has 0 fully saturated rings. The summed E-state index contributed by atoms with van der Waals surface area (Å²) in [6.07, 6.45) is 11.7. The molecule has 4 aromatic heterocycles. The highest BCUT2D eigenvalue weighted by Crippen LogP contribution is 2.26. The fraction of sp³-hybridized carbons (Fsp3) is 0.190. The van der Waals surface area contributed by atoms with Crippen molar-refractivity contribution < 1.29 is 9.18 Å². The monoisotopic (exact) mass is 405 g/mol. The molecule has 9 heteroatoms. The Labute approximate surface area is 172 Å². The molecule has 30 heavy (non-hydrogen) atoms. The largest absolute Gasteiger partial charge is 0.340 e. The maximum atomic E-state index is 14.7. The summed E-state index contributed by atoms with van der Waals surface area (Å²) in [4.78, 5) is 22.9. The van der Waals surface area contributed by atoms with Crippen molar-refractivity contribution in [1.29, 1.82) is 0 Å². The molecule has 8 nitrogen and oxygen atoms in total. The first kappa shape index (κ1) is 19.4. The molecule has 0 spiro atoms. The number of imidazole rings is 1. The maximum Gasteiger partial charge on any atom is 0.260 e. The topological polar surface area (TPSA) is 81.2 Å². The number of nitrogens with zero attached hydrogens (tertiary/aromatic N) is 7. The van der Waals surface area contributed by atoms with Gasteiger partial charge in [-0.25, -0.2) is 9.37 Å². The minimum absolute atomic E-state index is 0.0887. The zero-order valence-corrected chi connectivity index (χ0v) is 16.8.